The average Bonchev–Trinajstić information content (AvgIpc) is 2.37. The first kappa shape index (κ1) is 11.7. The molecule has 0 unspecified atom stereocenters. The Kier molecular flexibility index (Phi) is 3.26. The van der Waals surface area contributed by atoms with Crippen LogP contribution in [0.5, 0.6) is 0 Å². The van der Waals surface area contributed by atoms with E-state index in [0.29, 0.717) is 5.56 Å². The standard InChI is InChI=1S/C14H10N2O2/c15-13-8-4-7-12(14(13)16(17)18)10-9-11-5-2-1-3-6-11/h1-8H,15H2. The summed E-state index contributed by atoms with van der Waals surface area (Å²) in [4.78, 5) is 10.4. The number of anilines is 1. The molecule has 0 aliphatic carbocycles. The van der Waals surface area contributed by atoms with Crippen molar-refractivity contribution in [1.29, 1.82) is 0 Å². The first-order chi connectivity index (χ1) is 8.68. The molecule has 0 aliphatic rings. The third-order valence-corrected chi connectivity index (χ3v) is 2.37. The Hall–Kier alpha value is -2.80. The summed E-state index contributed by atoms with van der Waals surface area (Å²) < 4.78 is 0. The van der Waals surface area contributed by atoms with Gasteiger partial charge in [0.05, 0.1) is 4.92 Å². The van der Waals surface area contributed by atoms with Gasteiger partial charge in [0.15, 0.2) is 0 Å². The largest absolute Gasteiger partial charge is 0.393 e. The summed E-state index contributed by atoms with van der Waals surface area (Å²) in [6.07, 6.45) is 0. The van der Waals surface area contributed by atoms with E-state index >= 15 is 0 Å². The summed E-state index contributed by atoms with van der Waals surface area (Å²) >= 11 is 0. The van der Waals surface area contributed by atoms with Crippen molar-refractivity contribution in [1.82, 2.24) is 0 Å². The first-order valence-corrected chi connectivity index (χ1v) is 5.28. The number of rotatable bonds is 1. The summed E-state index contributed by atoms with van der Waals surface area (Å²) in [5.74, 6) is 5.65. The van der Waals surface area contributed by atoms with Gasteiger partial charge in [-0.3, -0.25) is 10.1 Å². The molecule has 0 saturated carbocycles. The van der Waals surface area contributed by atoms with Crippen LogP contribution in [-0.2, 0) is 0 Å². The normalized spacial score (nSPS) is 9.33. The number of benzene rings is 2. The molecule has 0 amide bonds. The van der Waals surface area contributed by atoms with Gasteiger partial charge in [-0.05, 0) is 24.3 Å². The molecule has 0 atom stereocenters. The quantitative estimate of drug-likeness (QED) is 0.359. The van der Waals surface area contributed by atoms with Crippen LogP contribution in [0, 0.1) is 22.0 Å². The third-order valence-electron chi connectivity index (χ3n) is 2.37. The Bertz CT molecular complexity index is 640. The SMILES string of the molecule is Nc1cccc(C#Cc2ccccc2)c1[N+](=O)[O-]. The Labute approximate surface area is 104 Å². The number of hydrogen-bond donors (Lipinski definition) is 1. The van der Waals surface area contributed by atoms with Crippen LogP contribution in [0.4, 0.5) is 11.4 Å². The molecule has 0 saturated heterocycles. The maximum Gasteiger partial charge on any atom is 0.307 e. The molecule has 0 radical (unpaired) electrons. The van der Waals surface area contributed by atoms with Gasteiger partial charge in [-0.15, -0.1) is 0 Å². The summed E-state index contributed by atoms with van der Waals surface area (Å²) in [6, 6.07) is 14.0. The van der Waals surface area contributed by atoms with Crippen LogP contribution in [0.2, 0.25) is 0 Å². The lowest BCUT2D eigenvalue weighted by Gasteiger charge is -1.98. The van der Waals surface area contributed by atoms with Gasteiger partial charge < -0.3 is 5.73 Å². The maximum atomic E-state index is 10.9. The lowest BCUT2D eigenvalue weighted by molar-refractivity contribution is -0.384. The molecule has 0 bridgehead atoms. The van der Waals surface area contributed by atoms with Gasteiger partial charge in [0.1, 0.15) is 11.3 Å². The highest BCUT2D eigenvalue weighted by Crippen LogP contribution is 2.24. The minimum Gasteiger partial charge on any atom is -0.393 e. The van der Waals surface area contributed by atoms with Crippen LogP contribution in [0.1, 0.15) is 11.1 Å². The molecular weight excluding hydrogens is 228 g/mol. The molecule has 0 heterocycles. The minimum absolute atomic E-state index is 0.125. The molecule has 2 aromatic rings. The van der Waals surface area contributed by atoms with Gasteiger partial charge in [-0.1, -0.05) is 36.1 Å². The van der Waals surface area contributed by atoms with Crippen LogP contribution < -0.4 is 5.73 Å². The minimum atomic E-state index is -0.510. The van der Waals surface area contributed by atoms with Gasteiger partial charge in [0.25, 0.3) is 0 Å². The zero-order valence-electron chi connectivity index (χ0n) is 9.46. The second-order valence-electron chi connectivity index (χ2n) is 3.62. The van der Waals surface area contributed by atoms with E-state index in [-0.39, 0.29) is 11.4 Å². The summed E-state index contributed by atoms with van der Waals surface area (Å²) in [7, 11) is 0. The zero-order chi connectivity index (χ0) is 13.0. The third kappa shape index (κ3) is 2.47. The highest BCUT2D eigenvalue weighted by Gasteiger charge is 2.15. The Balaban J connectivity index is 2.45. The molecular formula is C14H10N2O2. The van der Waals surface area contributed by atoms with E-state index < -0.39 is 4.92 Å². The number of nitro groups is 1. The smallest absolute Gasteiger partial charge is 0.307 e. The van der Waals surface area contributed by atoms with Crippen molar-refractivity contribution in [3.63, 3.8) is 0 Å². The van der Waals surface area contributed by atoms with E-state index in [1.54, 1.807) is 12.1 Å². The van der Waals surface area contributed by atoms with Gasteiger partial charge >= 0.3 is 5.69 Å². The maximum absolute atomic E-state index is 10.9. The number of hydrogen-bond acceptors (Lipinski definition) is 3. The predicted octanol–water partition coefficient (Wildman–Crippen LogP) is 2.58. The number of para-hydroxylation sites is 1. The van der Waals surface area contributed by atoms with E-state index in [4.69, 9.17) is 5.73 Å². The molecule has 0 spiro atoms. The van der Waals surface area contributed by atoms with E-state index in [2.05, 4.69) is 11.8 Å². The predicted molar refractivity (Wildman–Crippen MR) is 69.9 cm³/mol. The van der Waals surface area contributed by atoms with E-state index in [1.807, 2.05) is 30.3 Å². The summed E-state index contributed by atoms with van der Waals surface area (Å²) in [5.41, 5.74) is 6.69. The van der Waals surface area contributed by atoms with Crippen molar-refractivity contribution in [2.24, 2.45) is 0 Å². The molecule has 4 heteroatoms. The fraction of sp³-hybridized carbons (Fsp3) is 0. The number of nitrogen functional groups attached to an aromatic ring is 1. The molecule has 2 rings (SSSR count). The average molecular weight is 238 g/mol. The Morgan fingerprint density at radius 1 is 1.00 bits per heavy atom. The van der Waals surface area contributed by atoms with Gasteiger partial charge in [-0.2, -0.15) is 0 Å². The topological polar surface area (TPSA) is 69.2 Å². The van der Waals surface area contributed by atoms with Crippen molar-refractivity contribution < 1.29 is 4.92 Å². The fourth-order valence-electron chi connectivity index (χ4n) is 1.53. The summed E-state index contributed by atoms with van der Waals surface area (Å²) in [6.45, 7) is 0. The lowest BCUT2D eigenvalue weighted by atomic mass is 10.1. The van der Waals surface area contributed by atoms with Crippen LogP contribution in [0.3, 0.4) is 0 Å². The first-order valence-electron chi connectivity index (χ1n) is 5.28. The van der Waals surface area contributed by atoms with Gasteiger partial charge in [0.2, 0.25) is 0 Å². The molecule has 2 aromatic carbocycles. The van der Waals surface area contributed by atoms with Crippen molar-refractivity contribution in [2.45, 2.75) is 0 Å². The van der Waals surface area contributed by atoms with Crippen LogP contribution in [0.25, 0.3) is 0 Å². The second-order valence-corrected chi connectivity index (χ2v) is 3.62. The summed E-state index contributed by atoms with van der Waals surface area (Å²) in [5, 5.41) is 10.9. The second kappa shape index (κ2) is 5.02. The fourth-order valence-corrected chi connectivity index (χ4v) is 1.53. The number of nitrogens with zero attached hydrogens (tertiary/aromatic N) is 1. The highest BCUT2D eigenvalue weighted by molar-refractivity contribution is 5.67. The molecule has 4 nitrogen and oxygen atoms in total. The Morgan fingerprint density at radius 2 is 1.72 bits per heavy atom. The van der Waals surface area contributed by atoms with E-state index in [1.165, 1.54) is 6.07 Å². The zero-order valence-corrected chi connectivity index (χ0v) is 9.46. The Morgan fingerprint density at radius 3 is 2.39 bits per heavy atom. The number of nitro benzene ring substituents is 1. The monoisotopic (exact) mass is 238 g/mol. The van der Waals surface area contributed by atoms with Crippen LogP contribution in [0.15, 0.2) is 48.5 Å². The molecule has 0 aromatic heterocycles. The van der Waals surface area contributed by atoms with Crippen LogP contribution in [-0.4, -0.2) is 4.92 Å². The van der Waals surface area contributed by atoms with Crippen LogP contribution >= 0.6 is 0 Å². The molecule has 0 aliphatic heterocycles. The van der Waals surface area contributed by atoms with Crippen molar-refractivity contribution in [3.05, 3.63) is 69.8 Å². The highest BCUT2D eigenvalue weighted by atomic mass is 16.6. The van der Waals surface area contributed by atoms with Crippen molar-refractivity contribution in [3.8, 4) is 11.8 Å². The molecule has 88 valence electrons. The molecule has 18 heavy (non-hydrogen) atoms. The lowest BCUT2D eigenvalue weighted by Crippen LogP contribution is -1.98. The molecule has 2 N–H and O–H groups in total. The van der Waals surface area contributed by atoms with E-state index in [0.717, 1.165) is 5.56 Å². The molecule has 0 fully saturated rings. The van der Waals surface area contributed by atoms with E-state index in [9.17, 15) is 10.1 Å². The number of nitrogens with two attached hydrogens (primary N) is 1. The van der Waals surface area contributed by atoms with Crippen molar-refractivity contribution in [2.75, 3.05) is 5.73 Å². The van der Waals surface area contributed by atoms with Gasteiger partial charge in [0, 0.05) is 5.56 Å². The van der Waals surface area contributed by atoms with Gasteiger partial charge in [-0.25, -0.2) is 0 Å². The van der Waals surface area contributed by atoms with Crippen molar-refractivity contribution >= 4 is 11.4 Å².